The number of nitrogens with one attached hydrogen (secondary N) is 2. The number of hydrogen-bond acceptors (Lipinski definition) is 4. The summed E-state index contributed by atoms with van der Waals surface area (Å²) in [5, 5.41) is 6.49. The van der Waals surface area contributed by atoms with Crippen molar-refractivity contribution < 1.29 is 22.6 Å². The standard InChI is InChI=1S/C19H29F3N4O2/c1-18(2,26-7-9-27-10-8-26)13-25-17(23-3)24-12-15-5-4-6-16(11-15)28-14-19(20,21)22/h4-6,11H,7-10,12-14H2,1-3H3,(H2,23,24,25). The van der Waals surface area contributed by atoms with Gasteiger partial charge in [0, 0.05) is 38.8 Å². The van der Waals surface area contributed by atoms with Crippen molar-refractivity contribution in [3.8, 4) is 5.75 Å². The van der Waals surface area contributed by atoms with Gasteiger partial charge in [-0.1, -0.05) is 12.1 Å². The summed E-state index contributed by atoms with van der Waals surface area (Å²) in [5.74, 6) is 0.816. The molecule has 9 heteroatoms. The Morgan fingerprint density at radius 2 is 1.93 bits per heavy atom. The summed E-state index contributed by atoms with van der Waals surface area (Å²) in [5.41, 5.74) is 0.738. The average molecular weight is 402 g/mol. The summed E-state index contributed by atoms with van der Waals surface area (Å²) in [7, 11) is 1.68. The lowest BCUT2D eigenvalue weighted by Crippen LogP contribution is -2.56. The van der Waals surface area contributed by atoms with E-state index in [-0.39, 0.29) is 11.3 Å². The Labute approximate surface area is 164 Å². The van der Waals surface area contributed by atoms with Crippen LogP contribution in [0.3, 0.4) is 0 Å². The molecule has 0 saturated carbocycles. The van der Waals surface area contributed by atoms with E-state index in [1.807, 2.05) is 6.07 Å². The van der Waals surface area contributed by atoms with Crippen LogP contribution >= 0.6 is 0 Å². The van der Waals surface area contributed by atoms with E-state index in [2.05, 4.69) is 34.4 Å². The molecule has 1 aliphatic rings. The van der Waals surface area contributed by atoms with Gasteiger partial charge in [0.2, 0.25) is 0 Å². The molecule has 0 radical (unpaired) electrons. The SMILES string of the molecule is CN=C(NCc1cccc(OCC(F)(F)F)c1)NCC(C)(C)N1CCOCC1. The van der Waals surface area contributed by atoms with Gasteiger partial charge in [0.25, 0.3) is 0 Å². The monoisotopic (exact) mass is 402 g/mol. The molecule has 28 heavy (non-hydrogen) atoms. The zero-order valence-corrected chi connectivity index (χ0v) is 16.6. The minimum atomic E-state index is -4.35. The van der Waals surface area contributed by atoms with E-state index in [1.165, 1.54) is 6.07 Å². The van der Waals surface area contributed by atoms with Gasteiger partial charge in [-0.25, -0.2) is 0 Å². The van der Waals surface area contributed by atoms with E-state index < -0.39 is 12.8 Å². The molecule has 0 atom stereocenters. The highest BCUT2D eigenvalue weighted by molar-refractivity contribution is 5.79. The number of morpholine rings is 1. The lowest BCUT2D eigenvalue weighted by Gasteiger charge is -2.41. The number of alkyl halides is 3. The Kier molecular flexibility index (Phi) is 7.94. The molecular weight excluding hydrogens is 373 g/mol. The number of hydrogen-bond donors (Lipinski definition) is 2. The zero-order chi connectivity index (χ0) is 20.6. The van der Waals surface area contributed by atoms with Gasteiger partial charge in [0.05, 0.1) is 13.2 Å². The van der Waals surface area contributed by atoms with Crippen molar-refractivity contribution in [1.29, 1.82) is 0 Å². The van der Waals surface area contributed by atoms with Gasteiger partial charge in [-0.15, -0.1) is 0 Å². The van der Waals surface area contributed by atoms with Gasteiger partial charge in [0.1, 0.15) is 5.75 Å². The van der Waals surface area contributed by atoms with Gasteiger partial charge >= 0.3 is 6.18 Å². The second-order valence-electron chi connectivity index (χ2n) is 7.24. The van der Waals surface area contributed by atoms with E-state index in [0.717, 1.165) is 31.9 Å². The highest BCUT2D eigenvalue weighted by Gasteiger charge is 2.29. The zero-order valence-electron chi connectivity index (χ0n) is 16.6. The highest BCUT2D eigenvalue weighted by atomic mass is 19.4. The van der Waals surface area contributed by atoms with E-state index in [1.54, 1.807) is 19.2 Å². The van der Waals surface area contributed by atoms with Gasteiger partial charge in [-0.2, -0.15) is 13.2 Å². The molecule has 1 aromatic carbocycles. The number of halogens is 3. The largest absolute Gasteiger partial charge is 0.484 e. The maximum atomic E-state index is 12.3. The van der Waals surface area contributed by atoms with Gasteiger partial charge < -0.3 is 20.1 Å². The minimum absolute atomic E-state index is 0.0627. The third kappa shape index (κ3) is 7.55. The summed E-state index contributed by atoms with van der Waals surface area (Å²) in [6.07, 6.45) is -4.35. The van der Waals surface area contributed by atoms with Crippen LogP contribution in [0.4, 0.5) is 13.2 Å². The maximum Gasteiger partial charge on any atom is 0.422 e. The average Bonchev–Trinajstić information content (AvgIpc) is 2.67. The molecule has 0 aromatic heterocycles. The fourth-order valence-corrected chi connectivity index (χ4v) is 2.90. The first kappa shape index (κ1) is 22.3. The summed E-state index contributed by atoms with van der Waals surface area (Å²) < 4.78 is 47.0. The second-order valence-corrected chi connectivity index (χ2v) is 7.24. The smallest absolute Gasteiger partial charge is 0.422 e. The topological polar surface area (TPSA) is 58.1 Å². The van der Waals surface area contributed by atoms with Crippen LogP contribution in [0.2, 0.25) is 0 Å². The molecule has 1 heterocycles. The Hall–Kier alpha value is -2.00. The first-order chi connectivity index (χ1) is 13.2. The third-order valence-electron chi connectivity index (χ3n) is 4.54. The van der Waals surface area contributed by atoms with Crippen molar-refractivity contribution in [2.45, 2.75) is 32.1 Å². The summed E-state index contributed by atoms with van der Waals surface area (Å²) in [4.78, 5) is 6.59. The fourth-order valence-electron chi connectivity index (χ4n) is 2.90. The molecule has 0 spiro atoms. The van der Waals surface area contributed by atoms with Gasteiger partial charge in [-0.3, -0.25) is 9.89 Å². The Morgan fingerprint density at radius 3 is 2.57 bits per heavy atom. The van der Waals surface area contributed by atoms with Crippen LogP contribution in [0.5, 0.6) is 5.75 Å². The molecule has 0 unspecified atom stereocenters. The maximum absolute atomic E-state index is 12.3. The quantitative estimate of drug-likeness (QED) is 0.542. The molecule has 0 amide bonds. The van der Waals surface area contributed by atoms with Crippen LogP contribution < -0.4 is 15.4 Å². The minimum Gasteiger partial charge on any atom is -0.484 e. The molecule has 158 valence electrons. The van der Waals surface area contributed by atoms with E-state index in [9.17, 15) is 13.2 Å². The van der Waals surface area contributed by atoms with Crippen molar-refractivity contribution in [3.63, 3.8) is 0 Å². The van der Waals surface area contributed by atoms with Crippen molar-refractivity contribution in [1.82, 2.24) is 15.5 Å². The van der Waals surface area contributed by atoms with E-state index >= 15 is 0 Å². The lowest BCUT2D eigenvalue weighted by molar-refractivity contribution is -0.153. The summed E-state index contributed by atoms with van der Waals surface area (Å²) in [6.45, 7) is 7.41. The fraction of sp³-hybridized carbons (Fsp3) is 0.632. The number of rotatable bonds is 7. The molecule has 1 fully saturated rings. The van der Waals surface area contributed by atoms with Gasteiger partial charge in [0.15, 0.2) is 12.6 Å². The highest BCUT2D eigenvalue weighted by Crippen LogP contribution is 2.19. The third-order valence-corrected chi connectivity index (χ3v) is 4.54. The number of nitrogens with zero attached hydrogens (tertiary/aromatic N) is 2. The Balaban J connectivity index is 1.83. The van der Waals surface area contributed by atoms with Gasteiger partial charge in [-0.05, 0) is 31.5 Å². The Bertz CT molecular complexity index is 644. The predicted molar refractivity (Wildman–Crippen MR) is 103 cm³/mol. The van der Waals surface area contributed by atoms with Crippen molar-refractivity contribution in [2.24, 2.45) is 4.99 Å². The molecule has 6 nitrogen and oxygen atoms in total. The van der Waals surface area contributed by atoms with Crippen LogP contribution in [0.25, 0.3) is 0 Å². The number of benzene rings is 1. The molecule has 0 aliphatic carbocycles. The number of ether oxygens (including phenoxy) is 2. The van der Waals surface area contributed by atoms with Crippen molar-refractivity contribution >= 4 is 5.96 Å². The number of aliphatic imine (C=N–C) groups is 1. The molecule has 2 N–H and O–H groups in total. The molecule has 2 rings (SSSR count). The van der Waals surface area contributed by atoms with Crippen LogP contribution in [0, 0.1) is 0 Å². The van der Waals surface area contributed by atoms with Crippen molar-refractivity contribution in [2.75, 3.05) is 46.5 Å². The normalized spacial score (nSPS) is 16.7. The lowest BCUT2D eigenvalue weighted by atomic mass is 10.0. The first-order valence-electron chi connectivity index (χ1n) is 9.25. The van der Waals surface area contributed by atoms with E-state index in [4.69, 9.17) is 9.47 Å². The van der Waals surface area contributed by atoms with Crippen LogP contribution in [-0.4, -0.2) is 69.1 Å². The van der Waals surface area contributed by atoms with E-state index in [0.29, 0.717) is 19.0 Å². The second kappa shape index (κ2) is 9.97. The number of guanidine groups is 1. The van der Waals surface area contributed by atoms with Crippen molar-refractivity contribution in [3.05, 3.63) is 29.8 Å². The van der Waals surface area contributed by atoms with Crippen LogP contribution in [-0.2, 0) is 11.3 Å². The summed E-state index contributed by atoms with van der Waals surface area (Å²) >= 11 is 0. The Morgan fingerprint density at radius 1 is 1.21 bits per heavy atom. The molecule has 1 saturated heterocycles. The first-order valence-corrected chi connectivity index (χ1v) is 9.25. The molecule has 1 aliphatic heterocycles. The molecule has 0 bridgehead atoms. The molecular formula is C19H29F3N4O2. The van der Waals surface area contributed by atoms with Crippen LogP contribution in [0.1, 0.15) is 19.4 Å². The van der Waals surface area contributed by atoms with Crippen LogP contribution in [0.15, 0.2) is 29.3 Å². The predicted octanol–water partition coefficient (Wildman–Crippen LogP) is 2.40. The molecule has 1 aromatic rings. The summed E-state index contributed by atoms with van der Waals surface area (Å²) in [6, 6.07) is 6.58.